The van der Waals surface area contributed by atoms with Crippen LogP contribution in [0.2, 0.25) is 0 Å². The first-order valence-corrected chi connectivity index (χ1v) is 10.00. The van der Waals surface area contributed by atoms with Crippen LogP contribution in [0.25, 0.3) is 10.2 Å². The number of hydrogen-bond acceptors (Lipinski definition) is 5. The summed E-state index contributed by atoms with van der Waals surface area (Å²) in [6.45, 7) is 1.90. The summed E-state index contributed by atoms with van der Waals surface area (Å²) in [5.74, 6) is -0.446. The Morgan fingerprint density at radius 2 is 2.04 bits per heavy atom. The van der Waals surface area contributed by atoms with Gasteiger partial charge in [-0.25, -0.2) is 4.39 Å². The molecule has 1 heterocycles. The summed E-state index contributed by atoms with van der Waals surface area (Å²) in [5, 5.41) is 0. The molecule has 1 aromatic heterocycles. The summed E-state index contributed by atoms with van der Waals surface area (Å²) in [7, 11) is 1.29. The van der Waals surface area contributed by atoms with E-state index in [9.17, 15) is 14.0 Å². The predicted octanol–water partition coefficient (Wildman–Crippen LogP) is 3.87. The third kappa shape index (κ3) is 4.28. The van der Waals surface area contributed by atoms with E-state index < -0.39 is 17.7 Å². The minimum Gasteiger partial charge on any atom is -0.468 e. The molecule has 3 aromatic rings. The van der Waals surface area contributed by atoms with Gasteiger partial charge in [-0.2, -0.15) is 4.99 Å². The molecule has 0 aliphatic rings. The standard InChI is InChI=1S/C19H17FN2O3S2/c1-3-26-15-7-5-4-6-13(15)18(24)21-19-22(11-17(23)25-2)14-9-8-12(20)10-16(14)27-19/h4-10H,3,11H2,1-2H3. The average Bonchev–Trinajstić information content (AvgIpc) is 2.98. The Balaban J connectivity index is 2.13. The maximum absolute atomic E-state index is 13.6. The quantitative estimate of drug-likeness (QED) is 0.478. The number of thioether (sulfide) groups is 1. The molecule has 0 saturated carbocycles. The van der Waals surface area contributed by atoms with Gasteiger partial charge >= 0.3 is 5.97 Å². The molecule has 0 atom stereocenters. The van der Waals surface area contributed by atoms with Gasteiger partial charge in [0.15, 0.2) is 4.80 Å². The first-order chi connectivity index (χ1) is 13.0. The van der Waals surface area contributed by atoms with E-state index in [-0.39, 0.29) is 6.54 Å². The molecular weight excluding hydrogens is 387 g/mol. The van der Waals surface area contributed by atoms with Crippen LogP contribution in [0.15, 0.2) is 52.4 Å². The van der Waals surface area contributed by atoms with Crippen LogP contribution in [0.5, 0.6) is 0 Å². The van der Waals surface area contributed by atoms with Gasteiger partial charge in [0.1, 0.15) is 12.4 Å². The second-order valence-corrected chi connectivity index (χ2v) is 7.82. The number of rotatable bonds is 5. The lowest BCUT2D eigenvalue weighted by Gasteiger charge is -2.05. The van der Waals surface area contributed by atoms with Crippen molar-refractivity contribution in [3.63, 3.8) is 0 Å². The normalized spacial score (nSPS) is 11.7. The molecule has 3 rings (SSSR count). The summed E-state index contributed by atoms with van der Waals surface area (Å²) in [4.78, 5) is 30.0. The molecule has 27 heavy (non-hydrogen) atoms. The first kappa shape index (κ1) is 19.3. The Bertz CT molecular complexity index is 1070. The number of methoxy groups -OCH3 is 1. The molecule has 0 radical (unpaired) electrons. The van der Waals surface area contributed by atoms with Crippen LogP contribution in [0.3, 0.4) is 0 Å². The summed E-state index contributed by atoms with van der Waals surface area (Å²) >= 11 is 2.71. The van der Waals surface area contributed by atoms with Gasteiger partial charge in [0.25, 0.3) is 5.91 Å². The maximum Gasteiger partial charge on any atom is 0.325 e. The Hall–Kier alpha value is -2.45. The molecule has 0 spiro atoms. The minimum absolute atomic E-state index is 0.112. The minimum atomic E-state index is -0.477. The number of fused-ring (bicyclic) bond motifs is 1. The summed E-state index contributed by atoms with van der Waals surface area (Å²) < 4.78 is 20.5. The zero-order valence-corrected chi connectivity index (χ0v) is 16.4. The van der Waals surface area contributed by atoms with Gasteiger partial charge in [0.2, 0.25) is 0 Å². The van der Waals surface area contributed by atoms with Crippen molar-refractivity contribution < 1.29 is 18.7 Å². The summed E-state index contributed by atoms with van der Waals surface area (Å²) in [6, 6.07) is 11.5. The molecule has 0 aliphatic carbocycles. The number of ether oxygens (including phenoxy) is 1. The van der Waals surface area contributed by atoms with Gasteiger partial charge in [-0.05, 0) is 36.1 Å². The summed E-state index contributed by atoms with van der Waals surface area (Å²) in [5.41, 5.74) is 1.12. The smallest absolute Gasteiger partial charge is 0.325 e. The Labute approximate surface area is 163 Å². The van der Waals surface area contributed by atoms with Gasteiger partial charge in [-0.15, -0.1) is 11.8 Å². The molecule has 5 nitrogen and oxygen atoms in total. The van der Waals surface area contributed by atoms with Gasteiger partial charge in [-0.3, -0.25) is 9.59 Å². The fourth-order valence-electron chi connectivity index (χ4n) is 2.55. The van der Waals surface area contributed by atoms with Crippen molar-refractivity contribution in [3.05, 3.63) is 58.6 Å². The molecule has 0 fully saturated rings. The SMILES string of the molecule is CCSc1ccccc1C(=O)N=c1sc2cc(F)ccc2n1CC(=O)OC. The molecule has 0 saturated heterocycles. The fourth-order valence-corrected chi connectivity index (χ4v) is 4.40. The van der Waals surface area contributed by atoms with E-state index in [1.54, 1.807) is 34.5 Å². The van der Waals surface area contributed by atoms with E-state index in [2.05, 4.69) is 4.99 Å². The number of thiazole rings is 1. The molecule has 0 N–H and O–H groups in total. The number of nitrogens with zero attached hydrogens (tertiary/aromatic N) is 2. The molecule has 0 bridgehead atoms. The van der Waals surface area contributed by atoms with Crippen molar-refractivity contribution in [1.82, 2.24) is 4.57 Å². The lowest BCUT2D eigenvalue weighted by molar-refractivity contribution is -0.141. The third-order valence-electron chi connectivity index (χ3n) is 3.77. The van der Waals surface area contributed by atoms with Crippen LogP contribution in [0, 0.1) is 5.82 Å². The Kier molecular flexibility index (Phi) is 6.08. The van der Waals surface area contributed by atoms with Crippen LogP contribution in [-0.4, -0.2) is 29.3 Å². The maximum atomic E-state index is 13.6. The van der Waals surface area contributed by atoms with Gasteiger partial charge in [-0.1, -0.05) is 30.4 Å². The van der Waals surface area contributed by atoms with Crippen LogP contribution in [0.4, 0.5) is 4.39 Å². The molecule has 140 valence electrons. The van der Waals surface area contributed by atoms with E-state index in [1.807, 2.05) is 19.1 Å². The predicted molar refractivity (Wildman–Crippen MR) is 105 cm³/mol. The lowest BCUT2D eigenvalue weighted by Crippen LogP contribution is -2.22. The van der Waals surface area contributed by atoms with Crippen molar-refractivity contribution in [2.75, 3.05) is 12.9 Å². The van der Waals surface area contributed by atoms with Crippen molar-refractivity contribution in [2.45, 2.75) is 18.4 Å². The van der Waals surface area contributed by atoms with Crippen molar-refractivity contribution in [1.29, 1.82) is 0 Å². The van der Waals surface area contributed by atoms with E-state index in [0.29, 0.717) is 20.6 Å². The highest BCUT2D eigenvalue weighted by molar-refractivity contribution is 7.99. The Morgan fingerprint density at radius 3 is 2.78 bits per heavy atom. The van der Waals surface area contributed by atoms with Crippen molar-refractivity contribution in [3.8, 4) is 0 Å². The largest absolute Gasteiger partial charge is 0.468 e. The second kappa shape index (κ2) is 8.49. The number of aromatic nitrogens is 1. The number of amides is 1. The highest BCUT2D eigenvalue weighted by atomic mass is 32.2. The van der Waals surface area contributed by atoms with Crippen molar-refractivity contribution >= 4 is 45.2 Å². The van der Waals surface area contributed by atoms with Gasteiger partial charge in [0, 0.05) is 4.90 Å². The first-order valence-electron chi connectivity index (χ1n) is 8.20. The lowest BCUT2D eigenvalue weighted by atomic mass is 10.2. The highest BCUT2D eigenvalue weighted by Gasteiger charge is 2.14. The third-order valence-corrected chi connectivity index (χ3v) is 5.77. The highest BCUT2D eigenvalue weighted by Crippen LogP contribution is 2.23. The topological polar surface area (TPSA) is 60.7 Å². The molecule has 2 aromatic carbocycles. The van der Waals surface area contributed by atoms with Gasteiger partial charge in [0.05, 0.1) is 22.9 Å². The van der Waals surface area contributed by atoms with Gasteiger partial charge < -0.3 is 9.30 Å². The van der Waals surface area contributed by atoms with Crippen LogP contribution in [-0.2, 0) is 16.1 Å². The number of esters is 1. The number of halogens is 1. The number of hydrogen-bond donors (Lipinski definition) is 0. The van der Waals surface area contributed by atoms with Crippen LogP contribution >= 0.6 is 23.1 Å². The van der Waals surface area contributed by atoms with Crippen LogP contribution in [0.1, 0.15) is 17.3 Å². The van der Waals surface area contributed by atoms with E-state index in [4.69, 9.17) is 4.74 Å². The average molecular weight is 404 g/mol. The summed E-state index contributed by atoms with van der Waals surface area (Å²) in [6.07, 6.45) is 0. The Morgan fingerprint density at radius 1 is 1.26 bits per heavy atom. The van der Waals surface area contributed by atoms with Crippen molar-refractivity contribution in [2.24, 2.45) is 4.99 Å². The number of carbonyl (C=O) groups excluding carboxylic acids is 2. The zero-order valence-electron chi connectivity index (χ0n) is 14.8. The fraction of sp³-hybridized carbons (Fsp3) is 0.211. The number of benzene rings is 2. The zero-order chi connectivity index (χ0) is 19.4. The molecule has 1 amide bonds. The second-order valence-electron chi connectivity index (χ2n) is 5.51. The number of carbonyl (C=O) groups is 2. The van der Waals surface area contributed by atoms with Crippen LogP contribution < -0.4 is 4.80 Å². The molecular formula is C19H17FN2O3S2. The molecule has 8 heteroatoms. The van der Waals surface area contributed by atoms with E-state index >= 15 is 0 Å². The molecule has 0 aliphatic heterocycles. The van der Waals surface area contributed by atoms with E-state index in [1.165, 1.54) is 19.2 Å². The van der Waals surface area contributed by atoms with E-state index in [0.717, 1.165) is 22.0 Å². The monoisotopic (exact) mass is 404 g/mol. The molecule has 0 unspecified atom stereocenters.